The van der Waals surface area contributed by atoms with Gasteiger partial charge in [-0.15, -0.1) is 56.7 Å². The Hall–Kier alpha value is -4.37. The van der Waals surface area contributed by atoms with Crippen LogP contribution in [0.2, 0.25) is 0 Å². The van der Waals surface area contributed by atoms with Crippen LogP contribution in [-0.2, 0) is 14.4 Å². The first-order valence-electron chi connectivity index (χ1n) is 25.8. The standard InChI is InChI=1S/C57H68N4O4S5/c1-8-14-19-35(11-4)32-59-51(42-22-17-30-66-42)47-46(55(59)63)50(58(7)54(47)62)44-28-26-40(69-44)38-24-25-39(68-38)41-27-29-45(70-41)53-49-48(56(64)61(53)34-37(13-6)21-16-10-3)52(43-23-18-31-67-43)60(57(49)65)33-36(12-5)20-15-9-2/h17-18,22-31,35-37,55,63H,8-16,19-21,32-34H2,1-7H3. The van der Waals surface area contributed by atoms with Crippen LogP contribution in [0.1, 0.15) is 138 Å². The number of fused-ring (bicyclic) bond motifs is 2. The zero-order valence-electron chi connectivity index (χ0n) is 41.8. The summed E-state index contributed by atoms with van der Waals surface area (Å²) in [6, 6.07) is 21.0. The highest BCUT2D eigenvalue weighted by atomic mass is 32.1. The van der Waals surface area contributed by atoms with Crippen LogP contribution in [0.5, 0.6) is 0 Å². The number of aliphatic hydroxyl groups excluding tert-OH is 1. The number of hydrogen-bond donors (Lipinski definition) is 1. The second-order valence-electron chi connectivity index (χ2n) is 19.4. The zero-order chi connectivity index (χ0) is 49.2. The molecule has 4 aliphatic heterocycles. The molecule has 0 saturated heterocycles. The van der Waals surface area contributed by atoms with Gasteiger partial charge in [-0.1, -0.05) is 111 Å². The molecule has 0 aliphatic carbocycles. The molecule has 5 aromatic heterocycles. The Balaban J connectivity index is 1.05. The lowest BCUT2D eigenvalue weighted by atomic mass is 9.98. The fourth-order valence-electron chi connectivity index (χ4n) is 10.8. The molecule has 0 radical (unpaired) electrons. The summed E-state index contributed by atoms with van der Waals surface area (Å²) in [7, 11) is 1.84. The average molecular weight is 1030 g/mol. The average Bonchev–Trinajstić information content (AvgIpc) is 4.23. The fourth-order valence-corrected chi connectivity index (χ4v) is 15.7. The van der Waals surface area contributed by atoms with Gasteiger partial charge < -0.3 is 24.7 Å². The molecule has 0 fully saturated rings. The minimum atomic E-state index is -0.916. The van der Waals surface area contributed by atoms with Crippen molar-refractivity contribution in [1.29, 1.82) is 0 Å². The molecule has 70 heavy (non-hydrogen) atoms. The van der Waals surface area contributed by atoms with Gasteiger partial charge in [-0.3, -0.25) is 14.4 Å². The highest BCUT2D eigenvalue weighted by Gasteiger charge is 2.51. The molecule has 5 aromatic rings. The van der Waals surface area contributed by atoms with E-state index in [1.807, 2.05) is 39.7 Å². The Morgan fingerprint density at radius 3 is 1.31 bits per heavy atom. The molecule has 0 aromatic carbocycles. The summed E-state index contributed by atoms with van der Waals surface area (Å²) in [4.78, 5) is 60.5. The highest BCUT2D eigenvalue weighted by Crippen LogP contribution is 2.53. The van der Waals surface area contributed by atoms with E-state index in [1.165, 1.54) is 0 Å². The molecular weight excluding hydrogens is 965 g/mol. The summed E-state index contributed by atoms with van der Waals surface area (Å²) >= 11 is 8.25. The molecule has 8 nitrogen and oxygen atoms in total. The molecule has 3 amide bonds. The minimum absolute atomic E-state index is 0.0476. The van der Waals surface area contributed by atoms with Gasteiger partial charge in [0.15, 0.2) is 6.23 Å². The molecule has 370 valence electrons. The van der Waals surface area contributed by atoms with Crippen LogP contribution < -0.4 is 0 Å². The van der Waals surface area contributed by atoms with Crippen LogP contribution in [0, 0.1) is 17.8 Å². The van der Waals surface area contributed by atoms with Crippen molar-refractivity contribution in [3.05, 3.63) is 113 Å². The first-order chi connectivity index (χ1) is 34.1. The van der Waals surface area contributed by atoms with Gasteiger partial charge in [-0.2, -0.15) is 0 Å². The molecule has 4 unspecified atom stereocenters. The summed E-state index contributed by atoms with van der Waals surface area (Å²) in [6.45, 7) is 15.2. The summed E-state index contributed by atoms with van der Waals surface area (Å²) < 4.78 is 0. The molecule has 0 bridgehead atoms. The summed E-state index contributed by atoms with van der Waals surface area (Å²) in [5.74, 6) is 0.923. The van der Waals surface area contributed by atoms with Gasteiger partial charge in [0.25, 0.3) is 17.7 Å². The third-order valence-corrected chi connectivity index (χ3v) is 20.3. The van der Waals surface area contributed by atoms with Gasteiger partial charge in [0.2, 0.25) is 0 Å². The lowest BCUT2D eigenvalue weighted by Gasteiger charge is -2.31. The van der Waals surface area contributed by atoms with Gasteiger partial charge in [0, 0.05) is 51.8 Å². The third-order valence-electron chi connectivity index (χ3n) is 14.9. The van der Waals surface area contributed by atoms with Gasteiger partial charge in [0.05, 0.1) is 59.0 Å². The van der Waals surface area contributed by atoms with Crippen molar-refractivity contribution < 1.29 is 19.5 Å². The van der Waals surface area contributed by atoms with Crippen LogP contribution in [0.3, 0.4) is 0 Å². The quantitative estimate of drug-likeness (QED) is 0.0666. The van der Waals surface area contributed by atoms with Crippen LogP contribution in [0.4, 0.5) is 0 Å². The largest absolute Gasteiger partial charge is 0.369 e. The number of aliphatic hydroxyl groups is 1. The number of nitrogens with zero attached hydrogens (tertiary/aromatic N) is 4. The first-order valence-corrected chi connectivity index (χ1v) is 30.0. The number of carbonyl (C=O) groups is 3. The number of carbonyl (C=O) groups excluding carboxylic acids is 3. The van der Waals surface area contributed by atoms with Crippen LogP contribution >= 0.6 is 56.7 Å². The maximum atomic E-state index is 15.1. The number of unbranched alkanes of at least 4 members (excludes halogenated alkanes) is 3. The normalized spacial score (nSPS) is 18.6. The molecule has 9 heterocycles. The Morgan fingerprint density at radius 1 is 0.486 bits per heavy atom. The predicted molar refractivity (Wildman–Crippen MR) is 296 cm³/mol. The minimum Gasteiger partial charge on any atom is -0.369 e. The lowest BCUT2D eigenvalue weighted by molar-refractivity contribution is -0.124. The van der Waals surface area contributed by atoms with Gasteiger partial charge >= 0.3 is 0 Å². The number of amides is 3. The Morgan fingerprint density at radius 2 is 0.886 bits per heavy atom. The number of rotatable bonds is 24. The van der Waals surface area contributed by atoms with Crippen molar-refractivity contribution >= 4 is 97.2 Å². The number of hydrogen-bond acceptors (Lipinski definition) is 10. The molecule has 0 spiro atoms. The van der Waals surface area contributed by atoms with E-state index in [9.17, 15) is 9.90 Å². The highest BCUT2D eigenvalue weighted by molar-refractivity contribution is 7.27. The van der Waals surface area contributed by atoms with Crippen LogP contribution in [0.25, 0.3) is 42.3 Å². The predicted octanol–water partition coefficient (Wildman–Crippen LogP) is 15.0. The first kappa shape index (κ1) is 50.6. The SMILES string of the molecule is CCCCC(CC)CN1C(=O)C2=C(c3ccc(-c4ccc(-c5ccc(C6=C7C(=C(c8cccs8)N(CC(CC)CCCC)C7O)C(=O)N6C)s5)s4)s3)N(CC(CC)CCCC)C(=O)C2=C1c1cccs1. The zero-order valence-corrected chi connectivity index (χ0v) is 45.9. The van der Waals surface area contributed by atoms with E-state index in [1.54, 1.807) is 61.6 Å². The monoisotopic (exact) mass is 1030 g/mol. The second kappa shape index (κ2) is 22.2. The van der Waals surface area contributed by atoms with Crippen molar-refractivity contribution in [2.24, 2.45) is 17.8 Å². The van der Waals surface area contributed by atoms with Gasteiger partial charge in [0.1, 0.15) is 0 Å². The van der Waals surface area contributed by atoms with E-state index >= 15 is 9.59 Å². The van der Waals surface area contributed by atoms with Crippen LogP contribution in [0.15, 0.2) is 93.7 Å². The molecule has 4 aliphatic rings. The molecule has 1 N–H and O–H groups in total. The Bertz CT molecular complexity index is 2820. The molecular formula is C57H68N4O4S5. The van der Waals surface area contributed by atoms with E-state index < -0.39 is 6.23 Å². The van der Waals surface area contributed by atoms with Crippen molar-refractivity contribution in [3.8, 4) is 19.5 Å². The van der Waals surface area contributed by atoms with E-state index in [4.69, 9.17) is 0 Å². The number of likely N-dealkylation sites (N-methyl/N-ethyl adjacent to an activating group) is 1. The van der Waals surface area contributed by atoms with Crippen molar-refractivity contribution in [3.63, 3.8) is 0 Å². The van der Waals surface area contributed by atoms with E-state index in [0.717, 1.165) is 139 Å². The van der Waals surface area contributed by atoms with E-state index in [2.05, 4.69) is 95.0 Å². The third kappa shape index (κ3) is 9.44. The summed E-state index contributed by atoms with van der Waals surface area (Å²) in [6.07, 6.45) is 11.9. The molecule has 13 heteroatoms. The van der Waals surface area contributed by atoms with Crippen molar-refractivity contribution in [2.45, 2.75) is 125 Å². The Kier molecular flexibility index (Phi) is 16.0. The topological polar surface area (TPSA) is 84.4 Å². The van der Waals surface area contributed by atoms with E-state index in [0.29, 0.717) is 59.7 Å². The maximum absolute atomic E-state index is 15.1. The Labute approximate surface area is 435 Å². The molecule has 4 atom stereocenters. The van der Waals surface area contributed by atoms with Crippen LogP contribution in [-0.4, -0.2) is 75.3 Å². The lowest BCUT2D eigenvalue weighted by Crippen LogP contribution is -2.35. The van der Waals surface area contributed by atoms with Gasteiger partial charge in [-0.05, 0) is 96.3 Å². The molecule has 9 rings (SSSR count). The summed E-state index contributed by atoms with van der Waals surface area (Å²) in [5, 5.41) is 16.3. The smallest absolute Gasteiger partial charge is 0.261 e. The fraction of sp³-hybridized carbons (Fsp3) is 0.456. The molecule has 0 saturated carbocycles. The van der Waals surface area contributed by atoms with Gasteiger partial charge in [-0.25, -0.2) is 0 Å². The summed E-state index contributed by atoms with van der Waals surface area (Å²) in [5.41, 5.74) is 5.68. The number of thiophene rings is 5. The van der Waals surface area contributed by atoms with Crippen molar-refractivity contribution in [1.82, 2.24) is 19.6 Å². The van der Waals surface area contributed by atoms with Crippen molar-refractivity contribution in [2.75, 3.05) is 26.7 Å². The van der Waals surface area contributed by atoms with E-state index in [-0.39, 0.29) is 17.7 Å². The second-order valence-corrected chi connectivity index (χ2v) is 24.5. The maximum Gasteiger partial charge on any atom is 0.261 e.